The average molecular weight is 489 g/mol. The van der Waals surface area contributed by atoms with Crippen LogP contribution in [0.2, 0.25) is 0 Å². The molecule has 1 heterocycles. The minimum atomic E-state index is -4.01. The Balaban J connectivity index is 1.50. The lowest BCUT2D eigenvalue weighted by molar-refractivity contribution is -0.385. The minimum absolute atomic E-state index is 0.203. The van der Waals surface area contributed by atoms with Crippen LogP contribution in [0.25, 0.3) is 0 Å². The summed E-state index contributed by atoms with van der Waals surface area (Å²) in [6.45, 7) is 6.61. The first kappa shape index (κ1) is 25.6. The summed E-state index contributed by atoms with van der Waals surface area (Å²) in [6.07, 6.45) is 5.76. The van der Waals surface area contributed by atoms with E-state index in [0.717, 1.165) is 32.0 Å². The van der Waals surface area contributed by atoms with Gasteiger partial charge in [-0.2, -0.15) is 0 Å². The second-order valence-electron chi connectivity index (χ2n) is 8.73. The first-order chi connectivity index (χ1) is 16.2. The Labute approximate surface area is 200 Å². The van der Waals surface area contributed by atoms with E-state index < -0.39 is 14.9 Å². The number of hydrogen-bond acceptors (Lipinski definition) is 6. The van der Waals surface area contributed by atoms with E-state index in [-0.39, 0.29) is 22.2 Å². The average Bonchev–Trinajstić information content (AvgIpc) is 2.80. The zero-order valence-electron chi connectivity index (χ0n) is 19.6. The number of carbonyl (C=O) groups is 1. The molecule has 0 radical (unpaired) electrons. The fourth-order valence-corrected chi connectivity index (χ4v) is 5.17. The maximum absolute atomic E-state index is 12.6. The van der Waals surface area contributed by atoms with E-state index in [2.05, 4.69) is 21.9 Å². The molecule has 9 nitrogen and oxygen atoms in total. The number of nitrogens with zero attached hydrogens (tertiary/aromatic N) is 2. The van der Waals surface area contributed by atoms with Crippen molar-refractivity contribution >= 4 is 27.3 Å². The van der Waals surface area contributed by atoms with Crippen molar-refractivity contribution < 1.29 is 18.1 Å². The number of rotatable bonds is 10. The van der Waals surface area contributed by atoms with Crippen molar-refractivity contribution in [1.82, 2.24) is 10.2 Å². The normalized spacial score (nSPS) is 16.7. The van der Waals surface area contributed by atoms with Gasteiger partial charge in [0.1, 0.15) is 0 Å². The number of likely N-dealkylation sites (tertiary alicyclic amines) is 1. The molecule has 0 saturated carbocycles. The van der Waals surface area contributed by atoms with Crippen LogP contribution < -0.4 is 10.0 Å². The van der Waals surface area contributed by atoms with Crippen LogP contribution in [0.15, 0.2) is 47.4 Å². The number of sulfonamides is 1. The number of nitrogens with one attached hydrogen (secondary N) is 2. The van der Waals surface area contributed by atoms with E-state index in [0.29, 0.717) is 23.7 Å². The van der Waals surface area contributed by atoms with Gasteiger partial charge in [0.2, 0.25) is 0 Å². The van der Waals surface area contributed by atoms with Crippen molar-refractivity contribution in [3.8, 4) is 0 Å². The van der Waals surface area contributed by atoms with Crippen LogP contribution in [-0.2, 0) is 10.0 Å². The van der Waals surface area contributed by atoms with Gasteiger partial charge in [-0.3, -0.25) is 19.6 Å². The maximum atomic E-state index is 12.6. The van der Waals surface area contributed by atoms with E-state index in [4.69, 9.17) is 0 Å². The van der Waals surface area contributed by atoms with Gasteiger partial charge in [0.15, 0.2) is 0 Å². The highest BCUT2D eigenvalue weighted by Gasteiger charge is 2.20. The first-order valence-corrected chi connectivity index (χ1v) is 13.1. The van der Waals surface area contributed by atoms with Crippen LogP contribution in [0, 0.1) is 17.0 Å². The second kappa shape index (κ2) is 11.4. The molecular weight excluding hydrogens is 456 g/mol. The summed E-state index contributed by atoms with van der Waals surface area (Å²) in [5.74, 6) is -0.213. The molecule has 0 aliphatic carbocycles. The summed E-state index contributed by atoms with van der Waals surface area (Å²) in [4.78, 5) is 25.2. The highest BCUT2D eigenvalue weighted by atomic mass is 32.2. The third kappa shape index (κ3) is 6.77. The molecule has 1 amide bonds. The van der Waals surface area contributed by atoms with Crippen molar-refractivity contribution in [3.63, 3.8) is 0 Å². The lowest BCUT2D eigenvalue weighted by Crippen LogP contribution is -2.38. The summed E-state index contributed by atoms with van der Waals surface area (Å²) in [6, 6.07) is 10.5. The molecule has 1 aliphatic rings. The molecule has 0 aromatic heterocycles. The fraction of sp³-hybridized carbons (Fsp3) is 0.458. The summed E-state index contributed by atoms with van der Waals surface area (Å²) in [5.41, 5.74) is 0.801. The zero-order valence-corrected chi connectivity index (χ0v) is 20.4. The molecule has 2 aromatic rings. The molecular formula is C24H32N4O5S. The maximum Gasteiger partial charge on any atom is 0.273 e. The van der Waals surface area contributed by atoms with Crippen LogP contribution in [0.4, 0.5) is 11.4 Å². The fourth-order valence-electron chi connectivity index (χ4n) is 4.09. The van der Waals surface area contributed by atoms with Gasteiger partial charge in [0.25, 0.3) is 21.6 Å². The number of nitro groups is 1. The van der Waals surface area contributed by atoms with Crippen molar-refractivity contribution in [2.75, 3.05) is 24.4 Å². The number of benzene rings is 2. The molecule has 2 N–H and O–H groups in total. The first-order valence-electron chi connectivity index (χ1n) is 11.6. The lowest BCUT2D eigenvalue weighted by atomic mass is 10.0. The molecule has 1 unspecified atom stereocenters. The molecule has 1 atom stereocenters. The number of piperidine rings is 1. The standard InChI is InChI=1S/C24H32N4O5S/c1-18-8-13-22(17-23(18)28(30)31)34(32,33)26-21-11-9-20(10-12-21)24(29)25-14-4-6-16-27-15-5-3-7-19(27)2/h8-13,17,19,26H,3-7,14-16H2,1-2H3,(H,25,29). The van der Waals surface area contributed by atoms with Gasteiger partial charge in [-0.05, 0) is 83.0 Å². The molecule has 34 heavy (non-hydrogen) atoms. The monoisotopic (exact) mass is 488 g/mol. The Bertz CT molecular complexity index is 1120. The van der Waals surface area contributed by atoms with Crippen LogP contribution in [0.3, 0.4) is 0 Å². The number of nitro benzene ring substituents is 1. The molecule has 0 bridgehead atoms. The SMILES string of the molecule is Cc1ccc(S(=O)(=O)Nc2ccc(C(=O)NCCCCN3CCCCC3C)cc2)cc1[N+](=O)[O-]. The highest BCUT2D eigenvalue weighted by molar-refractivity contribution is 7.92. The molecule has 10 heteroatoms. The van der Waals surface area contributed by atoms with Gasteiger partial charge in [-0.15, -0.1) is 0 Å². The summed E-state index contributed by atoms with van der Waals surface area (Å²) in [7, 11) is -4.01. The molecule has 0 spiro atoms. The van der Waals surface area contributed by atoms with E-state index in [1.165, 1.54) is 43.5 Å². The Morgan fingerprint density at radius 2 is 1.88 bits per heavy atom. The second-order valence-corrected chi connectivity index (χ2v) is 10.4. The Morgan fingerprint density at radius 3 is 2.56 bits per heavy atom. The molecule has 1 saturated heterocycles. The number of hydrogen-bond donors (Lipinski definition) is 2. The zero-order chi connectivity index (χ0) is 24.7. The minimum Gasteiger partial charge on any atom is -0.352 e. The number of anilines is 1. The quantitative estimate of drug-likeness (QED) is 0.295. The predicted octanol–water partition coefficient (Wildman–Crippen LogP) is 4.09. The van der Waals surface area contributed by atoms with Crippen molar-refractivity contribution in [2.45, 2.75) is 56.9 Å². The Hall–Kier alpha value is -2.98. The van der Waals surface area contributed by atoms with Gasteiger partial charge >= 0.3 is 0 Å². The van der Waals surface area contributed by atoms with E-state index >= 15 is 0 Å². The van der Waals surface area contributed by atoms with Crippen LogP contribution in [0.5, 0.6) is 0 Å². The Morgan fingerprint density at radius 1 is 1.15 bits per heavy atom. The molecule has 1 aliphatic heterocycles. The van der Waals surface area contributed by atoms with Gasteiger partial charge in [-0.25, -0.2) is 8.42 Å². The van der Waals surface area contributed by atoms with Gasteiger partial charge in [0, 0.05) is 35.5 Å². The third-order valence-corrected chi connectivity index (χ3v) is 7.56. The number of aryl methyl sites for hydroxylation is 1. The van der Waals surface area contributed by atoms with E-state index in [1.54, 1.807) is 19.1 Å². The van der Waals surface area contributed by atoms with Gasteiger partial charge in [0.05, 0.1) is 9.82 Å². The highest BCUT2D eigenvalue weighted by Crippen LogP contribution is 2.24. The van der Waals surface area contributed by atoms with Crippen molar-refractivity contribution in [3.05, 3.63) is 63.7 Å². The molecule has 1 fully saturated rings. The number of amides is 1. The molecule has 184 valence electrons. The van der Waals surface area contributed by atoms with Crippen molar-refractivity contribution in [2.24, 2.45) is 0 Å². The van der Waals surface area contributed by atoms with Crippen molar-refractivity contribution in [1.29, 1.82) is 0 Å². The molecule has 2 aromatic carbocycles. The van der Waals surface area contributed by atoms with Crippen LogP contribution >= 0.6 is 0 Å². The Kier molecular flexibility index (Phi) is 8.62. The smallest absolute Gasteiger partial charge is 0.273 e. The summed E-state index contributed by atoms with van der Waals surface area (Å²) < 4.78 is 27.6. The largest absolute Gasteiger partial charge is 0.352 e. The topological polar surface area (TPSA) is 122 Å². The van der Waals surface area contributed by atoms with E-state index in [1.807, 2.05) is 0 Å². The van der Waals surface area contributed by atoms with Gasteiger partial charge < -0.3 is 10.2 Å². The van der Waals surface area contributed by atoms with Gasteiger partial charge in [-0.1, -0.05) is 12.5 Å². The summed E-state index contributed by atoms with van der Waals surface area (Å²) in [5, 5.41) is 14.0. The number of carbonyl (C=O) groups excluding carboxylic acids is 1. The lowest BCUT2D eigenvalue weighted by Gasteiger charge is -2.33. The predicted molar refractivity (Wildman–Crippen MR) is 132 cm³/mol. The van der Waals surface area contributed by atoms with Crippen LogP contribution in [-0.4, -0.2) is 49.8 Å². The number of unbranched alkanes of at least 4 members (excludes halogenated alkanes) is 1. The van der Waals surface area contributed by atoms with Crippen LogP contribution in [0.1, 0.15) is 54.9 Å². The summed E-state index contributed by atoms with van der Waals surface area (Å²) >= 11 is 0. The molecule has 3 rings (SSSR count). The third-order valence-electron chi connectivity index (χ3n) is 6.19. The van der Waals surface area contributed by atoms with E-state index in [9.17, 15) is 23.3 Å².